The average molecular weight is 773 g/mol. The van der Waals surface area contributed by atoms with Gasteiger partial charge in [0.2, 0.25) is 0 Å². The van der Waals surface area contributed by atoms with Crippen molar-refractivity contribution < 1.29 is 42.9 Å². The Kier molecular flexibility index (Phi) is 16.5. The maximum atomic E-state index is 12.8. The molecule has 0 N–H and O–H groups in total. The molecule has 54 heavy (non-hydrogen) atoms. The molecule has 0 radical (unpaired) electrons. The van der Waals surface area contributed by atoms with Crippen molar-refractivity contribution in [3.8, 4) is 23.0 Å². The summed E-state index contributed by atoms with van der Waals surface area (Å²) in [4.78, 5) is 52.2. The van der Waals surface area contributed by atoms with Crippen LogP contribution in [-0.4, -0.2) is 49.7 Å². The number of ketones is 1. The second-order valence-electron chi connectivity index (χ2n) is 11.6. The smallest absolute Gasteiger partial charge is 0.343 e. The Morgan fingerprint density at radius 1 is 0.611 bits per heavy atom. The molecule has 10 nitrogen and oxygen atoms in total. The van der Waals surface area contributed by atoms with Crippen molar-refractivity contribution in [2.75, 3.05) is 19.8 Å². The van der Waals surface area contributed by atoms with E-state index in [1.165, 1.54) is 18.2 Å². The van der Waals surface area contributed by atoms with Gasteiger partial charge in [-0.25, -0.2) is 14.4 Å². The summed E-state index contributed by atoms with van der Waals surface area (Å²) in [5.41, 5.74) is 1.70. The van der Waals surface area contributed by atoms with Crippen LogP contribution in [0.4, 0.5) is 5.69 Å². The number of unbranched alkanes of at least 4 members (excludes halogenated alkanes) is 3. The lowest BCUT2D eigenvalue weighted by atomic mass is 10.1. The third kappa shape index (κ3) is 13.7. The van der Waals surface area contributed by atoms with Gasteiger partial charge in [0.05, 0.1) is 46.7 Å². The summed E-state index contributed by atoms with van der Waals surface area (Å²) in [5.74, 6) is 0.0650. The van der Waals surface area contributed by atoms with Crippen LogP contribution in [0.15, 0.2) is 115 Å². The van der Waals surface area contributed by atoms with Gasteiger partial charge in [-0.2, -0.15) is 0 Å². The van der Waals surface area contributed by atoms with Gasteiger partial charge in [-0.05, 0) is 123 Å². The number of hydrogen-bond acceptors (Lipinski definition) is 10. The highest BCUT2D eigenvalue weighted by Crippen LogP contribution is 2.36. The molecule has 0 fully saturated rings. The third-order valence-corrected chi connectivity index (χ3v) is 8.21. The van der Waals surface area contributed by atoms with Crippen LogP contribution in [0.2, 0.25) is 10.0 Å². The molecule has 0 aromatic heterocycles. The highest BCUT2D eigenvalue weighted by molar-refractivity contribution is 6.36. The molecule has 0 aliphatic carbocycles. The second kappa shape index (κ2) is 21.7. The summed E-state index contributed by atoms with van der Waals surface area (Å²) in [6.07, 6.45) is 8.31. The number of benzene rings is 4. The number of allylic oxidation sites excluding steroid dienone is 1. The molecular weight excluding hydrogens is 733 g/mol. The molecule has 0 atom stereocenters. The van der Waals surface area contributed by atoms with Crippen molar-refractivity contribution in [1.29, 1.82) is 0 Å². The number of ether oxygens (including phenoxy) is 5. The molecule has 4 aromatic carbocycles. The summed E-state index contributed by atoms with van der Waals surface area (Å²) >= 11 is 12.9. The number of esters is 3. The van der Waals surface area contributed by atoms with E-state index in [-0.39, 0.29) is 21.6 Å². The monoisotopic (exact) mass is 771 g/mol. The van der Waals surface area contributed by atoms with Crippen molar-refractivity contribution in [2.24, 2.45) is 4.99 Å². The van der Waals surface area contributed by atoms with Crippen LogP contribution in [-0.2, 0) is 14.3 Å². The van der Waals surface area contributed by atoms with Crippen LogP contribution in [0.3, 0.4) is 0 Å². The quantitative estimate of drug-likeness (QED) is 0.0267. The Balaban J connectivity index is 1.22. The van der Waals surface area contributed by atoms with E-state index in [0.717, 1.165) is 25.3 Å². The van der Waals surface area contributed by atoms with Crippen molar-refractivity contribution in [2.45, 2.75) is 38.5 Å². The first-order chi connectivity index (χ1) is 26.1. The standard InChI is InChI=1S/C42H39Cl2NO9/c1-3-32(46)10-6-5-7-23-50-33-21-15-31(16-22-33)42(49)54-39-27-36(43)38(26-37(39)44)45-28-29-11-17-35(18-12-29)53-41(48)30-13-19-34(20-14-30)51-24-8-9-25-52-40(47)4-2/h3-4,11-22,26-28H,1-2,5-10,23-25H2/b45-28+. The molecule has 0 unspecified atom stereocenters. The van der Waals surface area contributed by atoms with Gasteiger partial charge in [0.25, 0.3) is 0 Å². The fourth-order valence-electron chi connectivity index (χ4n) is 4.66. The third-order valence-electron chi connectivity index (χ3n) is 7.61. The second-order valence-corrected chi connectivity index (χ2v) is 12.5. The Bertz CT molecular complexity index is 1940. The van der Waals surface area contributed by atoms with Gasteiger partial charge in [-0.15, -0.1) is 0 Å². The number of carbonyl (C=O) groups excluding carboxylic acids is 4. The van der Waals surface area contributed by atoms with E-state index in [4.69, 9.17) is 46.9 Å². The maximum absolute atomic E-state index is 12.8. The molecule has 0 amide bonds. The molecular formula is C42H39Cl2NO9. The molecule has 0 aliphatic rings. The first kappa shape index (κ1) is 41.1. The average Bonchev–Trinajstić information content (AvgIpc) is 3.18. The number of carbonyl (C=O) groups is 4. The zero-order valence-electron chi connectivity index (χ0n) is 29.5. The maximum Gasteiger partial charge on any atom is 0.343 e. The highest BCUT2D eigenvalue weighted by Gasteiger charge is 2.15. The van der Waals surface area contributed by atoms with Gasteiger partial charge in [0.1, 0.15) is 17.2 Å². The Morgan fingerprint density at radius 3 is 1.76 bits per heavy atom. The summed E-state index contributed by atoms with van der Waals surface area (Å²) in [7, 11) is 0. The van der Waals surface area contributed by atoms with Crippen LogP contribution in [0.1, 0.15) is 64.8 Å². The summed E-state index contributed by atoms with van der Waals surface area (Å²) in [5, 5.41) is 0.352. The Morgan fingerprint density at radius 2 is 1.17 bits per heavy atom. The molecule has 0 spiro atoms. The number of hydrogen-bond donors (Lipinski definition) is 0. The Hall–Kier alpha value is -5.71. The minimum Gasteiger partial charge on any atom is -0.494 e. The largest absolute Gasteiger partial charge is 0.494 e. The van der Waals surface area contributed by atoms with Gasteiger partial charge in [-0.3, -0.25) is 9.79 Å². The Labute approximate surface area is 324 Å². The van der Waals surface area contributed by atoms with Crippen LogP contribution in [0.25, 0.3) is 0 Å². The normalized spacial score (nSPS) is 10.7. The molecule has 0 bridgehead atoms. The van der Waals surface area contributed by atoms with Gasteiger partial charge in [-0.1, -0.05) is 36.4 Å². The SMILES string of the molecule is C=CC(=O)CCCCCOc1ccc(C(=O)Oc2cc(Cl)c(/N=C/c3ccc(OC(=O)c4ccc(OCCCCOC(=O)C=C)cc4)cc3)cc2Cl)cc1. The fraction of sp³-hybridized carbons (Fsp3) is 0.214. The fourth-order valence-corrected chi connectivity index (χ4v) is 5.06. The lowest BCUT2D eigenvalue weighted by molar-refractivity contribution is -0.137. The van der Waals surface area contributed by atoms with E-state index in [9.17, 15) is 19.2 Å². The van der Waals surface area contributed by atoms with Crippen molar-refractivity contribution in [3.63, 3.8) is 0 Å². The first-order valence-electron chi connectivity index (χ1n) is 17.1. The van der Waals surface area contributed by atoms with E-state index < -0.39 is 17.9 Å². The van der Waals surface area contributed by atoms with Crippen LogP contribution < -0.4 is 18.9 Å². The van der Waals surface area contributed by atoms with Crippen molar-refractivity contribution in [1.82, 2.24) is 0 Å². The van der Waals surface area contributed by atoms with Crippen molar-refractivity contribution in [3.05, 3.63) is 137 Å². The van der Waals surface area contributed by atoms with Crippen LogP contribution in [0, 0.1) is 0 Å². The molecule has 0 saturated carbocycles. The highest BCUT2D eigenvalue weighted by atomic mass is 35.5. The summed E-state index contributed by atoms with van der Waals surface area (Å²) in [6.45, 7) is 8.04. The summed E-state index contributed by atoms with van der Waals surface area (Å²) < 4.78 is 27.3. The molecule has 0 saturated heterocycles. The predicted molar refractivity (Wildman–Crippen MR) is 208 cm³/mol. The van der Waals surface area contributed by atoms with E-state index >= 15 is 0 Å². The first-order valence-corrected chi connectivity index (χ1v) is 17.9. The molecule has 0 heterocycles. The molecule has 12 heteroatoms. The molecule has 4 rings (SSSR count). The van der Waals surface area contributed by atoms with E-state index in [1.54, 1.807) is 79.0 Å². The zero-order chi connectivity index (χ0) is 38.7. The van der Waals surface area contributed by atoms with Crippen molar-refractivity contribution >= 4 is 58.8 Å². The van der Waals surface area contributed by atoms with Crippen LogP contribution >= 0.6 is 23.2 Å². The van der Waals surface area contributed by atoms with Gasteiger partial charge < -0.3 is 23.7 Å². The molecule has 4 aromatic rings. The number of rotatable bonds is 21. The number of nitrogens with zero attached hydrogens (tertiary/aromatic N) is 1. The van der Waals surface area contributed by atoms with E-state index in [2.05, 4.69) is 18.2 Å². The van der Waals surface area contributed by atoms with E-state index in [0.29, 0.717) is 78.7 Å². The number of halogens is 2. The molecule has 0 aliphatic heterocycles. The lowest BCUT2D eigenvalue weighted by Crippen LogP contribution is -2.09. The zero-order valence-corrected chi connectivity index (χ0v) is 31.0. The predicted octanol–water partition coefficient (Wildman–Crippen LogP) is 9.76. The molecule has 280 valence electrons. The lowest BCUT2D eigenvalue weighted by Gasteiger charge is -2.10. The van der Waals surface area contributed by atoms with Gasteiger partial charge in [0, 0.05) is 24.8 Å². The van der Waals surface area contributed by atoms with Gasteiger partial charge >= 0.3 is 17.9 Å². The topological polar surface area (TPSA) is 127 Å². The number of aliphatic imine (C=N–C) groups is 1. The minimum atomic E-state index is -0.622. The van der Waals surface area contributed by atoms with Crippen LogP contribution in [0.5, 0.6) is 23.0 Å². The minimum absolute atomic E-state index is 0.0395. The van der Waals surface area contributed by atoms with E-state index in [1.807, 2.05) is 0 Å². The van der Waals surface area contributed by atoms with Gasteiger partial charge in [0.15, 0.2) is 11.5 Å². The summed E-state index contributed by atoms with van der Waals surface area (Å²) in [6, 6.07) is 22.7.